The highest BCUT2D eigenvalue weighted by Gasteiger charge is 2.36. The molecular weight excluding hydrogens is 312 g/mol. The Morgan fingerprint density at radius 3 is 2.50 bits per heavy atom. The molecule has 0 aromatic heterocycles. The van der Waals surface area contributed by atoms with E-state index in [2.05, 4.69) is 5.32 Å². The zero-order valence-electron chi connectivity index (χ0n) is 14.2. The minimum absolute atomic E-state index is 0.0395. The first-order valence-corrected chi connectivity index (χ1v) is 8.75. The molecule has 0 aliphatic heterocycles. The molecule has 0 saturated heterocycles. The summed E-state index contributed by atoms with van der Waals surface area (Å²) >= 11 is 0. The molecule has 0 heterocycles. The van der Waals surface area contributed by atoms with E-state index in [-0.39, 0.29) is 37.3 Å². The number of hydrogen-bond acceptors (Lipinski definition) is 2. The fourth-order valence-corrected chi connectivity index (χ4v) is 3.51. The Labute approximate surface area is 142 Å². The van der Waals surface area contributed by atoms with Crippen molar-refractivity contribution in [3.63, 3.8) is 0 Å². The highest BCUT2D eigenvalue weighted by molar-refractivity contribution is 5.66. The number of carboxylic acid groups (broad SMARTS) is 1. The Bertz CT molecular complexity index is 511. The summed E-state index contributed by atoms with van der Waals surface area (Å²) in [5, 5.41) is 12.5. The summed E-state index contributed by atoms with van der Waals surface area (Å²) in [5.41, 5.74) is 1.16. The topological polar surface area (TPSA) is 49.3 Å². The van der Waals surface area contributed by atoms with Gasteiger partial charge in [0, 0.05) is 31.3 Å². The maximum Gasteiger partial charge on any atom is 0.303 e. The van der Waals surface area contributed by atoms with E-state index < -0.39 is 11.9 Å². The number of alkyl halides is 2. The van der Waals surface area contributed by atoms with Crippen LogP contribution < -0.4 is 5.32 Å². The van der Waals surface area contributed by atoms with E-state index in [1.807, 2.05) is 37.3 Å². The SMILES string of the molecule is CC(NC(CCC(=O)O)Cc1ccccc1)C1CCC(F)(F)CC1. The van der Waals surface area contributed by atoms with E-state index >= 15 is 0 Å². The van der Waals surface area contributed by atoms with Crippen LogP contribution in [0.4, 0.5) is 8.78 Å². The maximum atomic E-state index is 13.3. The number of nitrogens with one attached hydrogen (secondary N) is 1. The van der Waals surface area contributed by atoms with Gasteiger partial charge in [0.1, 0.15) is 0 Å². The van der Waals surface area contributed by atoms with Crippen LogP contribution in [0.5, 0.6) is 0 Å². The van der Waals surface area contributed by atoms with Crippen LogP contribution in [0.2, 0.25) is 0 Å². The third kappa shape index (κ3) is 6.19. The molecule has 2 N–H and O–H groups in total. The summed E-state index contributed by atoms with van der Waals surface area (Å²) in [6.45, 7) is 2.03. The van der Waals surface area contributed by atoms with Gasteiger partial charge in [0.05, 0.1) is 0 Å². The van der Waals surface area contributed by atoms with Crippen molar-refractivity contribution >= 4 is 5.97 Å². The molecule has 0 radical (unpaired) electrons. The van der Waals surface area contributed by atoms with E-state index in [0.29, 0.717) is 19.3 Å². The van der Waals surface area contributed by atoms with Gasteiger partial charge in [-0.05, 0) is 44.1 Å². The van der Waals surface area contributed by atoms with Crippen molar-refractivity contribution < 1.29 is 18.7 Å². The molecule has 0 bridgehead atoms. The number of carbonyl (C=O) groups is 1. The molecule has 1 saturated carbocycles. The molecular formula is C19H27F2NO2. The summed E-state index contributed by atoms with van der Waals surface area (Å²) in [7, 11) is 0. The first kappa shape index (κ1) is 18.8. The second kappa shape index (κ2) is 8.56. The molecule has 1 aliphatic carbocycles. The highest BCUT2D eigenvalue weighted by atomic mass is 19.3. The zero-order chi connectivity index (χ0) is 17.6. The predicted molar refractivity (Wildman–Crippen MR) is 90.3 cm³/mol. The van der Waals surface area contributed by atoms with E-state index in [1.54, 1.807) is 0 Å². The molecule has 1 aromatic carbocycles. The van der Waals surface area contributed by atoms with Gasteiger partial charge in [-0.2, -0.15) is 0 Å². The Morgan fingerprint density at radius 1 is 1.29 bits per heavy atom. The van der Waals surface area contributed by atoms with Gasteiger partial charge in [-0.25, -0.2) is 8.78 Å². The molecule has 3 nitrogen and oxygen atoms in total. The Kier molecular flexibility index (Phi) is 6.72. The molecule has 1 fully saturated rings. The number of benzene rings is 1. The minimum atomic E-state index is -2.51. The largest absolute Gasteiger partial charge is 0.481 e. The Morgan fingerprint density at radius 2 is 1.92 bits per heavy atom. The molecule has 1 aromatic rings. The zero-order valence-corrected chi connectivity index (χ0v) is 14.2. The molecule has 2 unspecified atom stereocenters. The number of rotatable bonds is 8. The molecule has 2 rings (SSSR count). The van der Waals surface area contributed by atoms with E-state index in [4.69, 9.17) is 5.11 Å². The van der Waals surface area contributed by atoms with Gasteiger partial charge >= 0.3 is 5.97 Å². The second-order valence-corrected chi connectivity index (χ2v) is 6.97. The van der Waals surface area contributed by atoms with Crippen LogP contribution in [0.15, 0.2) is 30.3 Å². The van der Waals surface area contributed by atoms with Crippen molar-refractivity contribution in [3.8, 4) is 0 Å². The summed E-state index contributed by atoms with van der Waals surface area (Å²) in [6.07, 6.45) is 2.37. The lowest BCUT2D eigenvalue weighted by molar-refractivity contribution is -0.137. The Hall–Kier alpha value is -1.49. The van der Waals surface area contributed by atoms with Crippen LogP contribution >= 0.6 is 0 Å². The fraction of sp³-hybridized carbons (Fsp3) is 0.632. The molecule has 1 aliphatic rings. The Balaban J connectivity index is 1.92. The smallest absolute Gasteiger partial charge is 0.303 e. The van der Waals surface area contributed by atoms with Crippen molar-refractivity contribution in [1.29, 1.82) is 0 Å². The maximum absolute atomic E-state index is 13.3. The quantitative estimate of drug-likeness (QED) is 0.744. The second-order valence-electron chi connectivity index (χ2n) is 6.97. The van der Waals surface area contributed by atoms with Crippen LogP contribution in [0.25, 0.3) is 0 Å². The van der Waals surface area contributed by atoms with Crippen molar-refractivity contribution in [2.75, 3.05) is 0 Å². The average Bonchev–Trinajstić information content (AvgIpc) is 2.53. The van der Waals surface area contributed by atoms with E-state index in [1.165, 1.54) is 0 Å². The third-order valence-electron chi connectivity index (χ3n) is 5.00. The van der Waals surface area contributed by atoms with Gasteiger partial charge in [-0.15, -0.1) is 0 Å². The standard InChI is InChI=1S/C19H27F2NO2/c1-14(16-9-11-19(20,21)12-10-16)22-17(7-8-18(23)24)13-15-5-3-2-4-6-15/h2-6,14,16-17,22H,7-13H2,1H3,(H,23,24). The molecule has 24 heavy (non-hydrogen) atoms. The minimum Gasteiger partial charge on any atom is -0.481 e. The van der Waals surface area contributed by atoms with Gasteiger partial charge in [0.15, 0.2) is 0 Å². The van der Waals surface area contributed by atoms with Crippen molar-refractivity contribution in [2.45, 2.75) is 69.9 Å². The number of hydrogen-bond donors (Lipinski definition) is 2. The third-order valence-corrected chi connectivity index (χ3v) is 5.00. The van der Waals surface area contributed by atoms with Crippen molar-refractivity contribution in [2.24, 2.45) is 5.92 Å². The molecule has 5 heteroatoms. The van der Waals surface area contributed by atoms with Gasteiger partial charge in [-0.3, -0.25) is 4.79 Å². The van der Waals surface area contributed by atoms with Gasteiger partial charge in [0.25, 0.3) is 0 Å². The van der Waals surface area contributed by atoms with E-state index in [0.717, 1.165) is 12.0 Å². The van der Waals surface area contributed by atoms with Crippen molar-refractivity contribution in [3.05, 3.63) is 35.9 Å². The first-order chi connectivity index (χ1) is 11.4. The molecule has 2 atom stereocenters. The number of aliphatic carboxylic acids is 1. The summed E-state index contributed by atoms with van der Waals surface area (Å²) in [4.78, 5) is 10.9. The normalized spacial score (nSPS) is 20.5. The predicted octanol–water partition coefficient (Wildman–Crippen LogP) is 4.27. The van der Waals surface area contributed by atoms with Crippen LogP contribution in [0.1, 0.15) is 51.0 Å². The lowest BCUT2D eigenvalue weighted by atomic mass is 9.82. The van der Waals surface area contributed by atoms with Crippen molar-refractivity contribution in [1.82, 2.24) is 5.32 Å². The number of carboxylic acids is 1. The van der Waals surface area contributed by atoms with Crippen LogP contribution in [0, 0.1) is 5.92 Å². The summed E-state index contributed by atoms with van der Waals surface area (Å²) in [5.74, 6) is -3.09. The van der Waals surface area contributed by atoms with Crippen LogP contribution in [-0.2, 0) is 11.2 Å². The lowest BCUT2D eigenvalue weighted by Crippen LogP contribution is -2.44. The van der Waals surface area contributed by atoms with Crippen LogP contribution in [-0.4, -0.2) is 29.1 Å². The first-order valence-electron chi connectivity index (χ1n) is 8.75. The summed E-state index contributed by atoms with van der Waals surface area (Å²) < 4.78 is 26.6. The van der Waals surface area contributed by atoms with E-state index in [9.17, 15) is 13.6 Å². The molecule has 0 amide bonds. The fourth-order valence-electron chi connectivity index (χ4n) is 3.51. The molecule has 0 spiro atoms. The average molecular weight is 339 g/mol. The van der Waals surface area contributed by atoms with Gasteiger partial charge < -0.3 is 10.4 Å². The monoisotopic (exact) mass is 339 g/mol. The van der Waals surface area contributed by atoms with Gasteiger partial charge in [-0.1, -0.05) is 30.3 Å². The van der Waals surface area contributed by atoms with Crippen LogP contribution in [0.3, 0.4) is 0 Å². The highest BCUT2D eigenvalue weighted by Crippen LogP contribution is 2.37. The van der Waals surface area contributed by atoms with Gasteiger partial charge in [0.2, 0.25) is 5.92 Å². The molecule has 134 valence electrons. The number of halogens is 2. The summed E-state index contributed by atoms with van der Waals surface area (Å²) in [6, 6.07) is 10.1. The lowest BCUT2D eigenvalue weighted by Gasteiger charge is -2.34.